The van der Waals surface area contributed by atoms with Gasteiger partial charge in [-0.2, -0.15) is 0 Å². The smallest absolute Gasteiger partial charge is 0.264 e. The van der Waals surface area contributed by atoms with Gasteiger partial charge in [0.2, 0.25) is 5.91 Å². The fourth-order valence-electron chi connectivity index (χ4n) is 3.49. The molecule has 4 nitrogen and oxygen atoms in total. The average molecular weight is 391 g/mol. The largest absolute Gasteiger partial charge is 0.333 e. The topological polar surface area (TPSA) is 49.4 Å². The van der Waals surface area contributed by atoms with Crippen molar-refractivity contribution in [2.24, 2.45) is 0 Å². The number of anilines is 1. The first-order chi connectivity index (χ1) is 13.7. The van der Waals surface area contributed by atoms with Crippen molar-refractivity contribution in [3.63, 3.8) is 0 Å². The number of nitrogens with one attached hydrogen (secondary N) is 1. The van der Waals surface area contributed by atoms with Crippen LogP contribution in [0.5, 0.6) is 0 Å². The molecular formula is C23H22N2O2S. The number of carbonyl (C=O) groups is 2. The zero-order valence-corrected chi connectivity index (χ0v) is 16.4. The van der Waals surface area contributed by atoms with E-state index < -0.39 is 0 Å². The summed E-state index contributed by atoms with van der Waals surface area (Å²) in [5, 5.41) is 4.92. The molecule has 1 aliphatic rings. The van der Waals surface area contributed by atoms with Gasteiger partial charge in [0.25, 0.3) is 5.91 Å². The van der Waals surface area contributed by atoms with Crippen LogP contribution in [-0.4, -0.2) is 23.3 Å². The molecule has 0 atom stereocenters. The number of aryl methyl sites for hydroxylation is 1. The third-order valence-electron chi connectivity index (χ3n) is 5.01. The van der Waals surface area contributed by atoms with E-state index in [1.54, 1.807) is 0 Å². The molecule has 1 N–H and O–H groups in total. The van der Waals surface area contributed by atoms with Gasteiger partial charge in [0.1, 0.15) is 0 Å². The molecule has 5 heteroatoms. The van der Waals surface area contributed by atoms with E-state index in [9.17, 15) is 9.59 Å². The van der Waals surface area contributed by atoms with Crippen LogP contribution in [-0.2, 0) is 24.2 Å². The molecule has 28 heavy (non-hydrogen) atoms. The van der Waals surface area contributed by atoms with E-state index in [-0.39, 0.29) is 11.8 Å². The summed E-state index contributed by atoms with van der Waals surface area (Å²) in [6.07, 6.45) is 2.01. The highest BCUT2D eigenvalue weighted by Crippen LogP contribution is 2.25. The van der Waals surface area contributed by atoms with Gasteiger partial charge >= 0.3 is 0 Å². The van der Waals surface area contributed by atoms with Gasteiger partial charge in [-0.3, -0.25) is 9.59 Å². The molecule has 2 aromatic carbocycles. The molecule has 0 fully saturated rings. The van der Waals surface area contributed by atoms with Crippen LogP contribution in [0.1, 0.15) is 32.8 Å². The Morgan fingerprint density at radius 1 is 1.00 bits per heavy atom. The SMILES string of the molecule is O=C(CCc1ccccc1)Nc1ccc2c(c1)CN(C(=O)c1cccs1)CC2. The monoisotopic (exact) mass is 390 g/mol. The fourth-order valence-corrected chi connectivity index (χ4v) is 4.18. The van der Waals surface area contributed by atoms with E-state index in [1.165, 1.54) is 16.9 Å². The summed E-state index contributed by atoms with van der Waals surface area (Å²) in [5.74, 6) is 0.0871. The van der Waals surface area contributed by atoms with Crippen molar-refractivity contribution in [3.8, 4) is 0 Å². The zero-order valence-electron chi connectivity index (χ0n) is 15.6. The Labute approximate surface area is 168 Å². The molecule has 142 valence electrons. The molecule has 2 amide bonds. The second-order valence-corrected chi connectivity index (χ2v) is 7.92. The lowest BCUT2D eigenvalue weighted by Crippen LogP contribution is -2.35. The predicted octanol–water partition coefficient (Wildman–Crippen LogP) is 4.52. The molecule has 0 spiro atoms. The minimum absolute atomic E-state index is 0.00568. The quantitative estimate of drug-likeness (QED) is 0.696. The van der Waals surface area contributed by atoms with Crippen molar-refractivity contribution in [2.75, 3.05) is 11.9 Å². The number of benzene rings is 2. The lowest BCUT2D eigenvalue weighted by Gasteiger charge is -2.29. The minimum atomic E-state index is 0.00568. The lowest BCUT2D eigenvalue weighted by molar-refractivity contribution is -0.116. The molecule has 3 aromatic rings. The third kappa shape index (κ3) is 4.31. The summed E-state index contributed by atoms with van der Waals surface area (Å²) < 4.78 is 0. The number of hydrogen-bond acceptors (Lipinski definition) is 3. The molecule has 0 saturated heterocycles. The predicted molar refractivity (Wildman–Crippen MR) is 113 cm³/mol. The van der Waals surface area contributed by atoms with Crippen LogP contribution in [0.25, 0.3) is 0 Å². The first-order valence-electron chi connectivity index (χ1n) is 9.47. The van der Waals surface area contributed by atoms with E-state index >= 15 is 0 Å². The van der Waals surface area contributed by atoms with Gasteiger partial charge in [-0.25, -0.2) is 0 Å². The van der Waals surface area contributed by atoms with Crippen molar-refractivity contribution in [1.82, 2.24) is 4.90 Å². The highest BCUT2D eigenvalue weighted by molar-refractivity contribution is 7.12. The van der Waals surface area contributed by atoms with E-state index in [1.807, 2.05) is 64.9 Å². The van der Waals surface area contributed by atoms with Crippen LogP contribution < -0.4 is 5.32 Å². The number of carbonyl (C=O) groups excluding carboxylic acids is 2. The summed E-state index contributed by atoms with van der Waals surface area (Å²) >= 11 is 1.47. The lowest BCUT2D eigenvalue weighted by atomic mass is 9.98. The maximum atomic E-state index is 12.6. The molecule has 0 bridgehead atoms. The summed E-state index contributed by atoms with van der Waals surface area (Å²) in [7, 11) is 0. The number of hydrogen-bond donors (Lipinski definition) is 1. The van der Waals surface area contributed by atoms with Gasteiger partial charge in [0, 0.05) is 25.2 Å². The fraction of sp³-hybridized carbons (Fsp3) is 0.217. The Balaban J connectivity index is 1.39. The van der Waals surface area contributed by atoms with E-state index in [4.69, 9.17) is 0 Å². The first kappa shape index (κ1) is 18.4. The van der Waals surface area contributed by atoms with E-state index in [0.29, 0.717) is 13.0 Å². The molecule has 0 saturated carbocycles. The highest BCUT2D eigenvalue weighted by Gasteiger charge is 2.22. The van der Waals surface area contributed by atoms with Crippen molar-refractivity contribution in [2.45, 2.75) is 25.8 Å². The van der Waals surface area contributed by atoms with Gasteiger partial charge in [0.05, 0.1) is 4.88 Å². The molecule has 0 aliphatic carbocycles. The summed E-state index contributed by atoms with van der Waals surface area (Å²) in [6.45, 7) is 1.31. The number of fused-ring (bicyclic) bond motifs is 1. The van der Waals surface area contributed by atoms with E-state index in [2.05, 4.69) is 11.4 Å². The second kappa shape index (κ2) is 8.40. The van der Waals surface area contributed by atoms with Gasteiger partial charge in [-0.15, -0.1) is 11.3 Å². The number of amides is 2. The van der Waals surface area contributed by atoms with Crippen molar-refractivity contribution in [1.29, 1.82) is 0 Å². The number of nitrogens with zero attached hydrogens (tertiary/aromatic N) is 1. The molecule has 2 heterocycles. The van der Waals surface area contributed by atoms with Crippen LogP contribution in [0.2, 0.25) is 0 Å². The highest BCUT2D eigenvalue weighted by atomic mass is 32.1. The number of thiophene rings is 1. The van der Waals surface area contributed by atoms with Crippen LogP contribution in [0, 0.1) is 0 Å². The number of rotatable bonds is 5. The van der Waals surface area contributed by atoms with Gasteiger partial charge in [0.15, 0.2) is 0 Å². The Bertz CT molecular complexity index is 968. The maximum absolute atomic E-state index is 12.6. The normalized spacial score (nSPS) is 13.1. The van der Waals surface area contributed by atoms with Crippen LogP contribution in [0.15, 0.2) is 66.0 Å². The third-order valence-corrected chi connectivity index (χ3v) is 5.86. The van der Waals surface area contributed by atoms with E-state index in [0.717, 1.165) is 41.1 Å². The van der Waals surface area contributed by atoms with Crippen molar-refractivity contribution >= 4 is 28.8 Å². The van der Waals surface area contributed by atoms with Crippen LogP contribution in [0.4, 0.5) is 5.69 Å². The molecule has 1 aliphatic heterocycles. The summed E-state index contributed by atoms with van der Waals surface area (Å²) in [6, 6.07) is 19.8. The average Bonchev–Trinajstić information content (AvgIpc) is 3.27. The van der Waals surface area contributed by atoms with Crippen molar-refractivity contribution < 1.29 is 9.59 Å². The molecule has 4 rings (SSSR count). The van der Waals surface area contributed by atoms with Crippen LogP contribution in [0.3, 0.4) is 0 Å². The second-order valence-electron chi connectivity index (χ2n) is 6.97. The zero-order chi connectivity index (χ0) is 19.3. The standard InChI is InChI=1S/C23H22N2O2S/c26-22(11-8-17-5-2-1-3-6-17)24-20-10-9-18-12-13-25(16-19(18)15-20)23(27)21-7-4-14-28-21/h1-7,9-10,14-15H,8,11-13,16H2,(H,24,26). The molecular weight excluding hydrogens is 368 g/mol. The Morgan fingerprint density at radius 2 is 1.86 bits per heavy atom. The summed E-state index contributed by atoms with van der Waals surface area (Å²) in [4.78, 5) is 27.6. The first-order valence-corrected chi connectivity index (χ1v) is 10.4. The summed E-state index contributed by atoms with van der Waals surface area (Å²) in [5.41, 5.74) is 4.31. The minimum Gasteiger partial charge on any atom is -0.333 e. The Hall–Kier alpha value is -2.92. The Kier molecular flexibility index (Phi) is 5.53. The maximum Gasteiger partial charge on any atom is 0.264 e. The van der Waals surface area contributed by atoms with Gasteiger partial charge in [-0.05, 0) is 53.1 Å². The molecule has 1 aromatic heterocycles. The molecule has 0 radical (unpaired) electrons. The molecule has 0 unspecified atom stereocenters. The van der Waals surface area contributed by atoms with Crippen LogP contribution >= 0.6 is 11.3 Å². The Morgan fingerprint density at radius 3 is 2.64 bits per heavy atom. The van der Waals surface area contributed by atoms with Gasteiger partial charge in [-0.1, -0.05) is 42.5 Å². The van der Waals surface area contributed by atoms with Gasteiger partial charge < -0.3 is 10.2 Å². The van der Waals surface area contributed by atoms with Crippen molar-refractivity contribution in [3.05, 3.63) is 87.6 Å².